The van der Waals surface area contributed by atoms with Gasteiger partial charge in [0.05, 0.1) is 55.3 Å². The lowest BCUT2D eigenvalue weighted by atomic mass is 10.1. The second kappa shape index (κ2) is 11.0. The number of morpholine rings is 2. The van der Waals surface area contributed by atoms with E-state index in [1.165, 1.54) is 0 Å². The van der Waals surface area contributed by atoms with Gasteiger partial charge in [0.2, 0.25) is 0 Å². The molecule has 3 aromatic rings. The lowest BCUT2D eigenvalue weighted by molar-refractivity contribution is 0.0303. The maximum Gasteiger partial charge on any atom is 0.274 e. The summed E-state index contributed by atoms with van der Waals surface area (Å²) in [6.07, 6.45) is 0. The summed E-state index contributed by atoms with van der Waals surface area (Å²) in [5, 5.41) is 2.69. The van der Waals surface area contributed by atoms with Gasteiger partial charge in [0.25, 0.3) is 11.8 Å². The average Bonchev–Trinajstić information content (AvgIpc) is 3.29. The molecule has 0 unspecified atom stereocenters. The van der Waals surface area contributed by atoms with Crippen LogP contribution in [0.2, 0.25) is 5.15 Å². The highest BCUT2D eigenvalue weighted by Crippen LogP contribution is 2.30. The molecule has 5 rings (SSSR count). The number of nitrogens with one attached hydrogen (secondary N) is 1. The van der Waals surface area contributed by atoms with Gasteiger partial charge in [0.1, 0.15) is 5.82 Å². The van der Waals surface area contributed by atoms with Crippen LogP contribution in [-0.2, 0) is 22.6 Å². The van der Waals surface area contributed by atoms with Crippen molar-refractivity contribution in [2.45, 2.75) is 20.0 Å². The van der Waals surface area contributed by atoms with Crippen LogP contribution in [0.25, 0.3) is 11.0 Å². The average molecular weight is 544 g/mol. The predicted octanol–water partition coefficient (Wildman–Crippen LogP) is 0.903. The first-order chi connectivity index (χ1) is 18.4. The Morgan fingerprint density at radius 3 is 2.37 bits per heavy atom. The zero-order valence-corrected chi connectivity index (χ0v) is 21.8. The number of hydrogen-bond donors (Lipinski definition) is 3. The van der Waals surface area contributed by atoms with Gasteiger partial charge in [-0.3, -0.25) is 9.59 Å². The third kappa shape index (κ3) is 5.04. The summed E-state index contributed by atoms with van der Waals surface area (Å²) in [7, 11) is 0. The molecule has 2 aliphatic rings. The summed E-state index contributed by atoms with van der Waals surface area (Å²) >= 11 is 5.92. The van der Waals surface area contributed by atoms with Crippen molar-refractivity contribution >= 4 is 51.8 Å². The van der Waals surface area contributed by atoms with E-state index in [1.807, 2.05) is 28.5 Å². The number of anilines is 3. The molecule has 5 N–H and O–H groups in total. The van der Waals surface area contributed by atoms with Crippen LogP contribution in [0.15, 0.2) is 12.1 Å². The van der Waals surface area contributed by atoms with E-state index in [0.29, 0.717) is 76.1 Å². The minimum Gasteiger partial charge on any atom is -0.382 e. The van der Waals surface area contributed by atoms with E-state index >= 15 is 0 Å². The molecule has 2 aliphatic heterocycles. The van der Waals surface area contributed by atoms with E-state index in [0.717, 1.165) is 11.2 Å². The van der Waals surface area contributed by atoms with Crippen LogP contribution in [0.5, 0.6) is 0 Å². The Hall–Kier alpha value is -3.68. The van der Waals surface area contributed by atoms with Gasteiger partial charge in [-0.05, 0) is 19.1 Å². The molecule has 4 heterocycles. The summed E-state index contributed by atoms with van der Waals surface area (Å²) in [4.78, 5) is 43.0. The number of nitrogens with zero attached hydrogens (tertiary/aromatic N) is 6. The molecular formula is C24H30ClN9O4. The topological polar surface area (TPSA) is 167 Å². The van der Waals surface area contributed by atoms with Crippen molar-refractivity contribution in [1.82, 2.24) is 29.7 Å². The van der Waals surface area contributed by atoms with Crippen molar-refractivity contribution in [3.05, 3.63) is 34.4 Å². The molecule has 2 saturated heterocycles. The van der Waals surface area contributed by atoms with Crippen LogP contribution in [-0.4, -0.2) is 88.8 Å². The van der Waals surface area contributed by atoms with E-state index in [9.17, 15) is 9.59 Å². The maximum absolute atomic E-state index is 13.6. The van der Waals surface area contributed by atoms with Gasteiger partial charge in [-0.15, -0.1) is 0 Å². The van der Waals surface area contributed by atoms with Gasteiger partial charge in [-0.1, -0.05) is 11.6 Å². The molecule has 13 nitrogen and oxygen atoms in total. The Morgan fingerprint density at radius 2 is 1.68 bits per heavy atom. The van der Waals surface area contributed by atoms with Crippen LogP contribution < -0.4 is 21.7 Å². The minimum absolute atomic E-state index is 0.0491. The molecule has 2 amide bonds. The zero-order valence-electron chi connectivity index (χ0n) is 21.1. The molecule has 0 saturated carbocycles. The normalized spacial score (nSPS) is 16.2. The standard InChI is InChI=1S/C24H30ClN9O4/c1-2-34-17-12-16(32-3-7-37-8-4-32)14(24(36)33-5-9-38-10-6-33)11-15(17)29-18(34)13-28-23(35)19-21(26)31-22(27)20(25)30-19/h11-12H,2-10,13H2,1H3,(H,28,35)(H4,26,27,31). The molecule has 0 atom stereocenters. The van der Waals surface area contributed by atoms with Crippen molar-refractivity contribution in [3.63, 3.8) is 0 Å². The molecule has 38 heavy (non-hydrogen) atoms. The first-order valence-electron chi connectivity index (χ1n) is 12.5. The van der Waals surface area contributed by atoms with Crippen molar-refractivity contribution in [2.75, 3.05) is 69.0 Å². The molecule has 2 fully saturated rings. The first-order valence-corrected chi connectivity index (χ1v) is 12.8. The van der Waals surface area contributed by atoms with Crippen LogP contribution in [0.4, 0.5) is 17.3 Å². The number of amides is 2. The van der Waals surface area contributed by atoms with E-state index in [4.69, 9.17) is 37.5 Å². The van der Waals surface area contributed by atoms with E-state index in [1.54, 1.807) is 0 Å². The van der Waals surface area contributed by atoms with Crippen molar-refractivity contribution in [3.8, 4) is 0 Å². The van der Waals surface area contributed by atoms with E-state index in [2.05, 4.69) is 20.2 Å². The largest absolute Gasteiger partial charge is 0.382 e. The quantitative estimate of drug-likeness (QED) is 0.406. The number of aromatic nitrogens is 4. The van der Waals surface area contributed by atoms with Gasteiger partial charge in [-0.25, -0.2) is 15.0 Å². The van der Waals surface area contributed by atoms with Gasteiger partial charge < -0.3 is 40.6 Å². The summed E-state index contributed by atoms with van der Waals surface area (Å²) < 4.78 is 13.0. The number of benzene rings is 1. The molecule has 202 valence electrons. The number of rotatable bonds is 6. The first kappa shape index (κ1) is 25.9. The number of imidazole rings is 1. The highest BCUT2D eigenvalue weighted by atomic mass is 35.5. The predicted molar refractivity (Wildman–Crippen MR) is 142 cm³/mol. The number of fused-ring (bicyclic) bond motifs is 1. The second-order valence-electron chi connectivity index (χ2n) is 8.95. The number of nitrogens with two attached hydrogens (primary N) is 2. The van der Waals surface area contributed by atoms with Gasteiger partial charge in [0.15, 0.2) is 22.5 Å². The fourth-order valence-corrected chi connectivity index (χ4v) is 4.85. The fraction of sp³-hybridized carbons (Fsp3) is 0.458. The Balaban J connectivity index is 1.48. The van der Waals surface area contributed by atoms with Crippen molar-refractivity contribution < 1.29 is 19.1 Å². The van der Waals surface area contributed by atoms with Crippen LogP contribution >= 0.6 is 11.6 Å². The molecule has 0 spiro atoms. The summed E-state index contributed by atoms with van der Waals surface area (Å²) in [5.41, 5.74) is 14.3. The zero-order chi connectivity index (χ0) is 26.8. The number of nitrogen functional groups attached to an aromatic ring is 2. The number of aryl methyl sites for hydroxylation is 1. The molecule has 1 aromatic carbocycles. The van der Waals surface area contributed by atoms with Gasteiger partial charge in [-0.2, -0.15) is 0 Å². The minimum atomic E-state index is -0.552. The van der Waals surface area contributed by atoms with E-state index < -0.39 is 5.91 Å². The lowest BCUT2D eigenvalue weighted by Crippen LogP contribution is -2.42. The number of hydrogen-bond acceptors (Lipinski definition) is 10. The summed E-state index contributed by atoms with van der Waals surface area (Å²) in [5.74, 6) is -0.148. The molecule has 0 aliphatic carbocycles. The number of halogens is 1. The highest BCUT2D eigenvalue weighted by molar-refractivity contribution is 6.31. The van der Waals surface area contributed by atoms with Crippen LogP contribution in [0, 0.1) is 0 Å². The monoisotopic (exact) mass is 543 g/mol. The smallest absolute Gasteiger partial charge is 0.274 e. The maximum atomic E-state index is 13.6. The van der Waals surface area contributed by atoms with Gasteiger partial charge >= 0.3 is 0 Å². The van der Waals surface area contributed by atoms with Crippen molar-refractivity contribution in [1.29, 1.82) is 0 Å². The summed E-state index contributed by atoms with van der Waals surface area (Å²) in [6, 6.07) is 3.86. The number of carbonyl (C=O) groups excluding carboxylic acids is 2. The second-order valence-corrected chi connectivity index (χ2v) is 9.31. The Labute approximate surface area is 224 Å². The Kier molecular flexibility index (Phi) is 7.49. The third-order valence-corrected chi connectivity index (χ3v) is 6.95. The van der Waals surface area contributed by atoms with Gasteiger partial charge in [0, 0.05) is 32.7 Å². The highest BCUT2D eigenvalue weighted by Gasteiger charge is 2.27. The molecule has 14 heteroatoms. The SMILES string of the molecule is CCn1c(CNC(=O)c2nc(Cl)c(N)nc2N)nc2cc(C(=O)N3CCOCC3)c(N3CCOCC3)cc21. The van der Waals surface area contributed by atoms with Crippen LogP contribution in [0.3, 0.4) is 0 Å². The number of carbonyl (C=O) groups is 2. The third-order valence-electron chi connectivity index (χ3n) is 6.67. The lowest BCUT2D eigenvalue weighted by Gasteiger charge is -2.32. The molecule has 2 aromatic heterocycles. The Morgan fingerprint density at radius 1 is 1.00 bits per heavy atom. The number of ether oxygens (including phenoxy) is 2. The molecule has 0 radical (unpaired) electrons. The van der Waals surface area contributed by atoms with E-state index in [-0.39, 0.29) is 34.9 Å². The Bertz CT molecular complexity index is 1370. The molecule has 0 bridgehead atoms. The fourth-order valence-electron chi connectivity index (χ4n) is 4.72. The van der Waals surface area contributed by atoms with Crippen LogP contribution in [0.1, 0.15) is 33.6 Å². The summed E-state index contributed by atoms with van der Waals surface area (Å²) in [6.45, 7) is 7.38. The molecular weight excluding hydrogens is 514 g/mol. The van der Waals surface area contributed by atoms with Crippen molar-refractivity contribution in [2.24, 2.45) is 0 Å².